The lowest BCUT2D eigenvalue weighted by atomic mass is 9.83. The molecule has 4 rings (SSSR count). The summed E-state index contributed by atoms with van der Waals surface area (Å²) >= 11 is 0. The fourth-order valence-corrected chi connectivity index (χ4v) is 4.18. The highest BCUT2D eigenvalue weighted by Crippen LogP contribution is 2.32. The number of carbonyl (C=O) groups excluding carboxylic acids is 2. The molecule has 3 amide bonds. The number of rotatable bonds is 5. The molecule has 1 heterocycles. The Hall–Kier alpha value is -3.54. The van der Waals surface area contributed by atoms with Gasteiger partial charge in [-0.25, -0.2) is 4.79 Å². The minimum absolute atomic E-state index is 0.0103. The van der Waals surface area contributed by atoms with Crippen LogP contribution in [0, 0.1) is 0 Å². The third-order valence-electron chi connectivity index (χ3n) is 5.69. The SMILES string of the molecule is C=C1NC(=O)NC(C(=O)NC2CCCc3c(CCc4ccccc4)cccc32)=C1O. The van der Waals surface area contributed by atoms with Crippen LogP contribution >= 0.6 is 0 Å². The van der Waals surface area contributed by atoms with Crippen molar-refractivity contribution in [2.45, 2.75) is 38.1 Å². The van der Waals surface area contributed by atoms with Crippen molar-refractivity contribution in [1.82, 2.24) is 16.0 Å². The topological polar surface area (TPSA) is 90.5 Å². The lowest BCUT2D eigenvalue weighted by Crippen LogP contribution is -2.46. The largest absolute Gasteiger partial charge is 0.504 e. The van der Waals surface area contributed by atoms with Crippen molar-refractivity contribution >= 4 is 11.9 Å². The molecule has 2 aromatic rings. The number of nitrogens with one attached hydrogen (secondary N) is 3. The normalized spacial score (nSPS) is 18.3. The van der Waals surface area contributed by atoms with Crippen molar-refractivity contribution in [3.05, 3.63) is 94.5 Å². The average Bonchev–Trinajstić information content (AvgIpc) is 2.75. The van der Waals surface area contributed by atoms with Crippen molar-refractivity contribution in [3.8, 4) is 0 Å². The smallest absolute Gasteiger partial charge is 0.324 e. The Kier molecular flexibility index (Phi) is 5.57. The van der Waals surface area contributed by atoms with Crippen molar-refractivity contribution in [3.63, 3.8) is 0 Å². The van der Waals surface area contributed by atoms with Crippen LogP contribution in [0.4, 0.5) is 4.79 Å². The first-order valence-electron chi connectivity index (χ1n) is 10.2. The van der Waals surface area contributed by atoms with Gasteiger partial charge in [0.25, 0.3) is 5.91 Å². The lowest BCUT2D eigenvalue weighted by Gasteiger charge is -2.29. The Morgan fingerprint density at radius 1 is 1.10 bits per heavy atom. The third-order valence-corrected chi connectivity index (χ3v) is 5.69. The molecule has 1 aliphatic carbocycles. The number of hydrogen-bond donors (Lipinski definition) is 4. The molecule has 4 N–H and O–H groups in total. The van der Waals surface area contributed by atoms with Crippen LogP contribution in [-0.4, -0.2) is 17.0 Å². The molecule has 6 nitrogen and oxygen atoms in total. The second-order valence-electron chi connectivity index (χ2n) is 7.67. The molecule has 0 saturated carbocycles. The molecule has 0 bridgehead atoms. The zero-order valence-corrected chi connectivity index (χ0v) is 16.7. The van der Waals surface area contributed by atoms with Crippen LogP contribution < -0.4 is 16.0 Å². The molecule has 0 aromatic heterocycles. The summed E-state index contributed by atoms with van der Waals surface area (Å²) in [5.41, 5.74) is 4.86. The van der Waals surface area contributed by atoms with Gasteiger partial charge in [-0.1, -0.05) is 55.1 Å². The molecule has 0 spiro atoms. The van der Waals surface area contributed by atoms with Crippen LogP contribution in [0.5, 0.6) is 0 Å². The van der Waals surface area contributed by atoms with E-state index >= 15 is 0 Å². The van der Waals surface area contributed by atoms with Gasteiger partial charge in [-0.15, -0.1) is 0 Å². The van der Waals surface area contributed by atoms with Crippen LogP contribution in [0.3, 0.4) is 0 Å². The fraction of sp³-hybridized carbons (Fsp3) is 0.250. The van der Waals surface area contributed by atoms with Gasteiger partial charge >= 0.3 is 6.03 Å². The quantitative estimate of drug-likeness (QED) is 0.615. The van der Waals surface area contributed by atoms with Crippen molar-refractivity contribution in [1.29, 1.82) is 0 Å². The Bertz CT molecular complexity index is 1030. The predicted molar refractivity (Wildman–Crippen MR) is 115 cm³/mol. The number of urea groups is 1. The predicted octanol–water partition coefficient (Wildman–Crippen LogP) is 3.56. The molecule has 0 radical (unpaired) electrons. The Balaban J connectivity index is 1.53. The number of carbonyl (C=O) groups is 2. The first-order valence-corrected chi connectivity index (χ1v) is 10.2. The summed E-state index contributed by atoms with van der Waals surface area (Å²) in [5.74, 6) is -0.865. The highest BCUT2D eigenvalue weighted by Gasteiger charge is 2.29. The summed E-state index contributed by atoms with van der Waals surface area (Å²) in [6.07, 6.45) is 4.67. The molecule has 154 valence electrons. The molecular weight excluding hydrogens is 378 g/mol. The molecule has 30 heavy (non-hydrogen) atoms. The minimum Gasteiger partial charge on any atom is -0.504 e. The molecule has 1 unspecified atom stereocenters. The van der Waals surface area contributed by atoms with E-state index < -0.39 is 11.9 Å². The molecule has 6 heteroatoms. The minimum atomic E-state index is -0.588. The van der Waals surface area contributed by atoms with Crippen LogP contribution in [0.15, 0.2) is 72.3 Å². The van der Waals surface area contributed by atoms with E-state index in [9.17, 15) is 14.7 Å². The Morgan fingerprint density at radius 2 is 1.90 bits per heavy atom. The van der Waals surface area contributed by atoms with Crippen LogP contribution in [0.2, 0.25) is 0 Å². The van der Waals surface area contributed by atoms with Gasteiger partial charge in [0.15, 0.2) is 11.5 Å². The van der Waals surface area contributed by atoms with Gasteiger partial charge in [-0.05, 0) is 54.4 Å². The summed E-state index contributed by atoms with van der Waals surface area (Å²) in [4.78, 5) is 24.4. The maximum atomic E-state index is 12.8. The number of aryl methyl sites for hydroxylation is 2. The molecule has 0 saturated heterocycles. The highest BCUT2D eigenvalue weighted by atomic mass is 16.3. The summed E-state index contributed by atoms with van der Waals surface area (Å²) < 4.78 is 0. The monoisotopic (exact) mass is 403 g/mol. The molecular formula is C24H25N3O3. The van der Waals surface area contributed by atoms with E-state index in [0.717, 1.165) is 37.7 Å². The van der Waals surface area contributed by atoms with Gasteiger partial charge in [0.05, 0.1) is 11.7 Å². The van der Waals surface area contributed by atoms with Gasteiger partial charge in [0.2, 0.25) is 0 Å². The van der Waals surface area contributed by atoms with E-state index in [2.05, 4.69) is 58.9 Å². The van der Waals surface area contributed by atoms with Gasteiger partial charge in [0, 0.05) is 0 Å². The molecule has 0 fully saturated rings. The van der Waals surface area contributed by atoms with E-state index in [1.54, 1.807) is 0 Å². The number of aliphatic hydroxyl groups is 1. The average molecular weight is 403 g/mol. The zero-order chi connectivity index (χ0) is 21.1. The highest BCUT2D eigenvalue weighted by molar-refractivity contribution is 6.00. The van der Waals surface area contributed by atoms with Crippen LogP contribution in [0.1, 0.15) is 41.1 Å². The Labute approximate surface area is 175 Å². The van der Waals surface area contributed by atoms with Crippen LogP contribution in [0.25, 0.3) is 0 Å². The number of fused-ring (bicyclic) bond motifs is 1. The van der Waals surface area contributed by atoms with E-state index in [0.29, 0.717) is 0 Å². The number of aliphatic hydroxyl groups excluding tert-OH is 1. The van der Waals surface area contributed by atoms with Gasteiger partial charge in [-0.2, -0.15) is 0 Å². The number of amides is 3. The molecule has 1 atom stereocenters. The maximum Gasteiger partial charge on any atom is 0.324 e. The molecule has 1 aliphatic heterocycles. The molecule has 2 aromatic carbocycles. The fourth-order valence-electron chi connectivity index (χ4n) is 4.18. The first kappa shape index (κ1) is 19.8. The van der Waals surface area contributed by atoms with Gasteiger partial charge < -0.3 is 15.7 Å². The van der Waals surface area contributed by atoms with E-state index in [1.807, 2.05) is 12.1 Å². The lowest BCUT2D eigenvalue weighted by molar-refractivity contribution is -0.118. The van der Waals surface area contributed by atoms with Crippen LogP contribution in [-0.2, 0) is 24.1 Å². The molecule has 2 aliphatic rings. The maximum absolute atomic E-state index is 12.8. The zero-order valence-electron chi connectivity index (χ0n) is 16.7. The summed E-state index contributed by atoms with van der Waals surface area (Å²) in [6.45, 7) is 3.56. The van der Waals surface area contributed by atoms with E-state index in [4.69, 9.17) is 0 Å². The summed E-state index contributed by atoms with van der Waals surface area (Å²) in [5, 5.41) is 17.8. The summed E-state index contributed by atoms with van der Waals surface area (Å²) in [6, 6.07) is 15.9. The van der Waals surface area contributed by atoms with Gasteiger partial charge in [-0.3, -0.25) is 10.1 Å². The van der Waals surface area contributed by atoms with Crippen molar-refractivity contribution in [2.24, 2.45) is 0 Å². The Morgan fingerprint density at radius 3 is 2.70 bits per heavy atom. The number of hydrogen-bond acceptors (Lipinski definition) is 3. The number of benzene rings is 2. The van der Waals surface area contributed by atoms with Gasteiger partial charge in [0.1, 0.15) is 0 Å². The second kappa shape index (κ2) is 8.45. The van der Waals surface area contributed by atoms with Crippen molar-refractivity contribution < 1.29 is 14.7 Å². The third kappa shape index (κ3) is 4.08. The standard InChI is InChI=1S/C24H25N3O3/c1-15-22(28)21(27-24(30)25-15)23(29)26-20-12-6-10-18-17(9-5-11-19(18)20)14-13-16-7-3-2-4-8-16/h2-5,7-9,11,20,28H,1,6,10,12-14H2,(H,26,29)(H2,25,27,30). The first-order chi connectivity index (χ1) is 14.5. The van der Waals surface area contributed by atoms with E-state index in [-0.39, 0.29) is 23.2 Å². The van der Waals surface area contributed by atoms with Crippen molar-refractivity contribution in [2.75, 3.05) is 0 Å². The summed E-state index contributed by atoms with van der Waals surface area (Å²) in [7, 11) is 0. The second-order valence-corrected chi connectivity index (χ2v) is 7.67. The van der Waals surface area contributed by atoms with E-state index in [1.165, 1.54) is 16.7 Å².